The van der Waals surface area contributed by atoms with Crippen molar-refractivity contribution in [3.63, 3.8) is 0 Å². The molecular weight excluding hydrogens is 413 g/mol. The summed E-state index contributed by atoms with van der Waals surface area (Å²) < 4.78 is 10.3. The summed E-state index contributed by atoms with van der Waals surface area (Å²) >= 11 is 11.8. The molecule has 1 atom stereocenters. The summed E-state index contributed by atoms with van der Waals surface area (Å²) in [5, 5.41) is 25.1. The molecular formula is C17H15Cl2N3O6. The SMILES string of the molecule is COc1cc(/C=N/NC(=O)[C@H](C)Oc2ccc(Cl)cc2Cl)cc([N+](=O)[O-])c1O. The summed E-state index contributed by atoms with van der Waals surface area (Å²) in [6.45, 7) is 1.49. The molecule has 0 radical (unpaired) electrons. The number of hydrazone groups is 1. The van der Waals surface area contributed by atoms with E-state index in [4.69, 9.17) is 32.7 Å². The number of nitrogens with one attached hydrogen (secondary N) is 1. The van der Waals surface area contributed by atoms with E-state index in [1.807, 2.05) is 0 Å². The first kappa shape index (κ1) is 21.3. The number of hydrogen-bond acceptors (Lipinski definition) is 7. The van der Waals surface area contributed by atoms with Gasteiger partial charge in [-0.15, -0.1) is 0 Å². The van der Waals surface area contributed by atoms with E-state index in [2.05, 4.69) is 10.5 Å². The van der Waals surface area contributed by atoms with E-state index >= 15 is 0 Å². The first-order chi connectivity index (χ1) is 13.2. The van der Waals surface area contributed by atoms with Crippen molar-refractivity contribution in [3.8, 4) is 17.2 Å². The van der Waals surface area contributed by atoms with Crippen LogP contribution in [0.15, 0.2) is 35.4 Å². The number of benzene rings is 2. The Morgan fingerprint density at radius 2 is 2.04 bits per heavy atom. The van der Waals surface area contributed by atoms with Crippen molar-refractivity contribution in [1.82, 2.24) is 5.43 Å². The van der Waals surface area contributed by atoms with Crippen molar-refractivity contribution in [1.29, 1.82) is 0 Å². The maximum absolute atomic E-state index is 12.1. The van der Waals surface area contributed by atoms with Crippen molar-refractivity contribution < 1.29 is 24.3 Å². The Kier molecular flexibility index (Phi) is 7.02. The summed E-state index contributed by atoms with van der Waals surface area (Å²) in [4.78, 5) is 22.3. The Bertz CT molecular complexity index is 935. The van der Waals surface area contributed by atoms with Gasteiger partial charge in [-0.3, -0.25) is 14.9 Å². The average Bonchev–Trinajstić information content (AvgIpc) is 2.64. The lowest BCUT2D eigenvalue weighted by Gasteiger charge is -2.14. The summed E-state index contributed by atoms with van der Waals surface area (Å²) in [6, 6.07) is 6.98. The lowest BCUT2D eigenvalue weighted by Crippen LogP contribution is -2.33. The minimum Gasteiger partial charge on any atom is -0.500 e. The third-order valence-corrected chi connectivity index (χ3v) is 3.98. The molecule has 2 N–H and O–H groups in total. The molecule has 2 aromatic carbocycles. The van der Waals surface area contributed by atoms with E-state index in [1.165, 1.54) is 32.2 Å². The van der Waals surface area contributed by atoms with Gasteiger partial charge >= 0.3 is 5.69 Å². The molecule has 0 aliphatic heterocycles. The van der Waals surface area contributed by atoms with Crippen LogP contribution in [0, 0.1) is 10.1 Å². The van der Waals surface area contributed by atoms with Gasteiger partial charge in [-0.1, -0.05) is 23.2 Å². The molecule has 0 saturated carbocycles. The van der Waals surface area contributed by atoms with Gasteiger partial charge in [0.05, 0.1) is 23.3 Å². The van der Waals surface area contributed by atoms with E-state index in [0.29, 0.717) is 5.02 Å². The Morgan fingerprint density at radius 1 is 1.32 bits per heavy atom. The van der Waals surface area contributed by atoms with Crippen LogP contribution in [0.25, 0.3) is 0 Å². The molecule has 2 aromatic rings. The number of rotatable bonds is 7. The van der Waals surface area contributed by atoms with E-state index in [9.17, 15) is 20.0 Å². The molecule has 0 fully saturated rings. The monoisotopic (exact) mass is 427 g/mol. The molecule has 0 saturated heterocycles. The zero-order valence-electron chi connectivity index (χ0n) is 14.7. The first-order valence-electron chi connectivity index (χ1n) is 7.73. The average molecular weight is 428 g/mol. The third kappa shape index (κ3) is 5.24. The number of phenolic OH excluding ortho intramolecular Hbond substituents is 1. The fourth-order valence-corrected chi connectivity index (χ4v) is 2.51. The Hall–Kier alpha value is -3.04. The second kappa shape index (κ2) is 9.25. The van der Waals surface area contributed by atoms with Crippen LogP contribution in [0.2, 0.25) is 10.0 Å². The smallest absolute Gasteiger partial charge is 0.315 e. The van der Waals surface area contributed by atoms with Crippen molar-refractivity contribution in [2.45, 2.75) is 13.0 Å². The van der Waals surface area contributed by atoms with Gasteiger partial charge in [-0.25, -0.2) is 5.43 Å². The third-order valence-electron chi connectivity index (χ3n) is 3.45. The quantitative estimate of drug-likeness (QED) is 0.395. The topological polar surface area (TPSA) is 123 Å². The largest absolute Gasteiger partial charge is 0.500 e. The number of amides is 1. The number of methoxy groups -OCH3 is 1. The fraction of sp³-hybridized carbons (Fsp3) is 0.176. The molecule has 0 heterocycles. The van der Waals surface area contributed by atoms with Crippen LogP contribution in [0.5, 0.6) is 17.2 Å². The Morgan fingerprint density at radius 3 is 2.64 bits per heavy atom. The van der Waals surface area contributed by atoms with E-state index in [0.717, 1.165) is 12.3 Å². The van der Waals surface area contributed by atoms with Crippen molar-refractivity contribution >= 4 is 41.0 Å². The lowest BCUT2D eigenvalue weighted by atomic mass is 10.2. The molecule has 1 amide bonds. The number of carbonyl (C=O) groups excluding carboxylic acids is 1. The predicted molar refractivity (Wildman–Crippen MR) is 104 cm³/mol. The molecule has 0 bridgehead atoms. The second-order valence-corrected chi connectivity index (χ2v) is 6.26. The fourth-order valence-electron chi connectivity index (χ4n) is 2.06. The zero-order valence-corrected chi connectivity index (χ0v) is 16.2. The molecule has 0 aliphatic carbocycles. The van der Waals surface area contributed by atoms with Gasteiger partial charge in [0, 0.05) is 16.7 Å². The first-order valence-corrected chi connectivity index (χ1v) is 8.48. The molecule has 0 aliphatic rings. The number of phenols is 1. The van der Waals surface area contributed by atoms with E-state index < -0.39 is 28.4 Å². The van der Waals surface area contributed by atoms with Gasteiger partial charge in [0.1, 0.15) is 5.75 Å². The van der Waals surface area contributed by atoms with Crippen LogP contribution in [0.1, 0.15) is 12.5 Å². The summed E-state index contributed by atoms with van der Waals surface area (Å²) in [5.41, 5.74) is 1.92. The molecule has 28 heavy (non-hydrogen) atoms. The number of ether oxygens (including phenoxy) is 2. The minimum atomic E-state index is -0.931. The Balaban J connectivity index is 2.06. The van der Waals surface area contributed by atoms with Gasteiger partial charge in [-0.05, 0) is 31.2 Å². The summed E-state index contributed by atoms with van der Waals surface area (Å²) in [5.74, 6) is -1.01. The van der Waals surface area contributed by atoms with Crippen LogP contribution in [-0.2, 0) is 4.79 Å². The Labute approximate surface area is 169 Å². The zero-order chi connectivity index (χ0) is 20.8. The molecule has 0 aromatic heterocycles. The van der Waals surface area contributed by atoms with E-state index in [-0.39, 0.29) is 22.1 Å². The molecule has 2 rings (SSSR count). The van der Waals surface area contributed by atoms with Gasteiger partial charge in [0.25, 0.3) is 5.91 Å². The highest BCUT2D eigenvalue weighted by atomic mass is 35.5. The molecule has 0 spiro atoms. The highest BCUT2D eigenvalue weighted by Gasteiger charge is 2.19. The molecule has 0 unspecified atom stereocenters. The molecule has 9 nitrogen and oxygen atoms in total. The van der Waals surface area contributed by atoms with E-state index in [1.54, 1.807) is 6.07 Å². The second-order valence-electron chi connectivity index (χ2n) is 5.42. The number of carbonyl (C=O) groups is 1. The number of nitrogens with zero attached hydrogens (tertiary/aromatic N) is 2. The summed E-state index contributed by atoms with van der Waals surface area (Å²) in [7, 11) is 1.25. The molecule has 148 valence electrons. The van der Waals surface area contributed by atoms with Gasteiger partial charge < -0.3 is 14.6 Å². The number of aromatic hydroxyl groups is 1. The number of hydrogen-bond donors (Lipinski definition) is 2. The van der Waals surface area contributed by atoms with Gasteiger partial charge in [0.15, 0.2) is 11.9 Å². The summed E-state index contributed by atoms with van der Waals surface area (Å²) in [6.07, 6.45) is 0.231. The van der Waals surface area contributed by atoms with Crippen molar-refractivity contribution in [2.75, 3.05) is 7.11 Å². The number of halogens is 2. The van der Waals surface area contributed by atoms with Crippen molar-refractivity contribution in [3.05, 3.63) is 56.1 Å². The van der Waals surface area contributed by atoms with Crippen LogP contribution in [0.4, 0.5) is 5.69 Å². The maximum Gasteiger partial charge on any atom is 0.315 e. The van der Waals surface area contributed by atoms with Crippen molar-refractivity contribution in [2.24, 2.45) is 5.10 Å². The van der Waals surface area contributed by atoms with Crippen LogP contribution >= 0.6 is 23.2 Å². The minimum absolute atomic E-state index is 0.101. The predicted octanol–water partition coefficient (Wildman–Crippen LogP) is 3.53. The number of nitro groups is 1. The highest BCUT2D eigenvalue weighted by Crippen LogP contribution is 2.36. The van der Waals surface area contributed by atoms with Crippen LogP contribution in [0.3, 0.4) is 0 Å². The van der Waals surface area contributed by atoms with Crippen LogP contribution < -0.4 is 14.9 Å². The van der Waals surface area contributed by atoms with Gasteiger partial charge in [0.2, 0.25) is 5.75 Å². The number of nitro benzene ring substituents is 1. The van der Waals surface area contributed by atoms with Gasteiger partial charge in [-0.2, -0.15) is 5.10 Å². The van der Waals surface area contributed by atoms with Crippen LogP contribution in [-0.4, -0.2) is 35.4 Å². The molecule has 11 heteroatoms. The normalized spacial score (nSPS) is 11.9. The highest BCUT2D eigenvalue weighted by molar-refractivity contribution is 6.35. The lowest BCUT2D eigenvalue weighted by molar-refractivity contribution is -0.386. The standard InChI is InChI=1S/C17H15Cl2N3O6/c1-9(28-14-4-3-11(18)7-12(14)19)17(24)21-20-8-10-5-13(22(25)26)16(23)15(6-10)27-2/h3-9,23H,1-2H3,(H,21,24)/b20-8+/t9-/m0/s1. The maximum atomic E-state index is 12.1.